The number of halogens is 4. The fourth-order valence-corrected chi connectivity index (χ4v) is 8.94. The molecule has 4 heterocycles. The van der Waals surface area contributed by atoms with Crippen molar-refractivity contribution in [1.29, 1.82) is 0 Å². The Morgan fingerprint density at radius 1 is 0.641 bits per heavy atom. The van der Waals surface area contributed by atoms with E-state index in [2.05, 4.69) is 62.1 Å². The Kier molecular flexibility index (Phi) is 18.8. The molecule has 2 aliphatic heterocycles. The number of hydrogen-bond acceptors (Lipinski definition) is 14. The van der Waals surface area contributed by atoms with Crippen molar-refractivity contribution >= 4 is 70.5 Å². The zero-order chi connectivity index (χ0) is 46.5. The van der Waals surface area contributed by atoms with E-state index in [1.807, 2.05) is 27.9 Å². The van der Waals surface area contributed by atoms with Crippen molar-refractivity contribution in [2.24, 2.45) is 23.7 Å². The molecule has 0 radical (unpaired) electrons. The number of carbonyl (C=O) groups is 4. The van der Waals surface area contributed by atoms with E-state index in [0.29, 0.717) is 50.9 Å². The summed E-state index contributed by atoms with van der Waals surface area (Å²) in [6.45, 7) is 7.88. The molecule has 0 aromatic carbocycles. The molecule has 4 aliphatic rings. The molecule has 24 heteroatoms. The predicted molar refractivity (Wildman–Crippen MR) is 238 cm³/mol. The van der Waals surface area contributed by atoms with Crippen molar-refractivity contribution in [3.05, 3.63) is 22.2 Å². The second kappa shape index (κ2) is 23.9. The first kappa shape index (κ1) is 50.2. The van der Waals surface area contributed by atoms with Crippen molar-refractivity contribution in [2.75, 3.05) is 87.1 Å². The molecule has 2 aromatic heterocycles. The highest BCUT2D eigenvalue weighted by molar-refractivity contribution is 6.28. The first-order valence-corrected chi connectivity index (χ1v) is 22.7. The molecule has 356 valence electrons. The van der Waals surface area contributed by atoms with Crippen LogP contribution in [-0.4, -0.2) is 142 Å². The average molecular weight is 944 g/mol. The molecule has 0 bridgehead atoms. The molecule has 2 saturated carbocycles. The molecule has 20 nitrogen and oxygen atoms in total. The lowest BCUT2D eigenvalue weighted by Gasteiger charge is -2.38. The molecule has 2 saturated heterocycles. The molecule has 6 rings (SSSR count). The summed E-state index contributed by atoms with van der Waals surface area (Å²) in [5, 5.41) is 22.1. The maximum Gasteiger partial charge on any atom is 0.404 e. The van der Waals surface area contributed by atoms with Crippen LogP contribution < -0.4 is 42.1 Å². The van der Waals surface area contributed by atoms with Crippen LogP contribution in [0.5, 0.6) is 0 Å². The highest BCUT2D eigenvalue weighted by atomic mass is 35.5. The van der Waals surface area contributed by atoms with Gasteiger partial charge in [0.05, 0.1) is 11.8 Å². The summed E-state index contributed by atoms with van der Waals surface area (Å²) >= 11 is 12.1. The van der Waals surface area contributed by atoms with Crippen molar-refractivity contribution in [2.45, 2.75) is 90.1 Å². The minimum absolute atomic E-state index is 0.0171. The number of nitrogens with one attached hydrogen (secondary N) is 6. The Labute approximate surface area is 381 Å². The van der Waals surface area contributed by atoms with Crippen LogP contribution in [0.1, 0.15) is 78.1 Å². The van der Waals surface area contributed by atoms with Crippen LogP contribution in [0.3, 0.4) is 0 Å². The Morgan fingerprint density at radius 3 is 1.33 bits per heavy atom. The van der Waals surface area contributed by atoms with Gasteiger partial charge < -0.3 is 40.4 Å². The fourth-order valence-electron chi connectivity index (χ4n) is 8.61. The van der Waals surface area contributed by atoms with Gasteiger partial charge in [-0.3, -0.25) is 31.3 Å². The van der Waals surface area contributed by atoms with E-state index in [-0.39, 0.29) is 59.0 Å². The minimum Gasteiger partial charge on any atom is -0.465 e. The monoisotopic (exact) mass is 942 g/mol. The normalized spacial score (nSPS) is 20.8. The van der Waals surface area contributed by atoms with Gasteiger partial charge in [0.25, 0.3) is 0 Å². The van der Waals surface area contributed by atoms with Gasteiger partial charge in [-0.2, -0.15) is 28.7 Å². The maximum absolute atomic E-state index is 15.2. The third kappa shape index (κ3) is 14.6. The molecule has 2 aliphatic carbocycles. The van der Waals surface area contributed by atoms with E-state index in [1.54, 1.807) is 9.80 Å². The Bertz CT molecular complexity index is 1780. The molecule has 4 atom stereocenters. The van der Waals surface area contributed by atoms with Crippen LogP contribution in [0.2, 0.25) is 10.6 Å². The number of carbonyl (C=O) groups excluding carboxylic acids is 2. The first-order valence-electron chi connectivity index (χ1n) is 21.9. The van der Waals surface area contributed by atoms with Crippen LogP contribution in [0.4, 0.5) is 41.6 Å². The Hall–Kier alpha value is -4.80. The number of nitrogens with zero attached hydrogens (tertiary/aromatic N) is 8. The van der Waals surface area contributed by atoms with Crippen LogP contribution in [0.25, 0.3) is 0 Å². The van der Waals surface area contributed by atoms with Gasteiger partial charge in [0.15, 0.2) is 23.3 Å². The van der Waals surface area contributed by atoms with Crippen LogP contribution in [0, 0.1) is 35.3 Å². The number of anilines is 4. The average Bonchev–Trinajstić information content (AvgIpc) is 3.98. The van der Waals surface area contributed by atoms with Gasteiger partial charge in [-0.25, -0.2) is 9.59 Å². The number of rotatable bonds is 16. The number of aromatic nitrogens is 4. The standard InChI is InChI=1S/2C20H31ClFN7O3/c2*1-12-11-29(8-7-28(12)2)17-15(22)16(24-19(21)25-17)26-27-18(30)14(10-23-20(31)32)9-13-5-3-4-6-13/h2*12-14,23H,3-11H2,1-2H3,(H,27,30)(H,31,32)(H,24,25,26)/t2*12-,14+/m00/s1. The van der Waals surface area contributed by atoms with E-state index in [9.17, 15) is 19.2 Å². The van der Waals surface area contributed by atoms with Crippen molar-refractivity contribution in [3.8, 4) is 0 Å². The smallest absolute Gasteiger partial charge is 0.404 e. The van der Waals surface area contributed by atoms with Gasteiger partial charge in [0.2, 0.25) is 34.0 Å². The molecular formula is C40H62Cl2F2N14O6. The van der Waals surface area contributed by atoms with E-state index in [0.717, 1.165) is 64.5 Å². The summed E-state index contributed by atoms with van der Waals surface area (Å²) in [6, 6.07) is 0.428. The quantitative estimate of drug-likeness (QED) is 0.0845. The molecule has 4 fully saturated rings. The van der Waals surface area contributed by atoms with Gasteiger partial charge in [-0.15, -0.1) is 0 Å². The van der Waals surface area contributed by atoms with Crippen LogP contribution in [0.15, 0.2) is 0 Å². The van der Waals surface area contributed by atoms with Crippen molar-refractivity contribution in [3.63, 3.8) is 0 Å². The zero-order valence-electron chi connectivity index (χ0n) is 36.8. The zero-order valence-corrected chi connectivity index (χ0v) is 38.3. The lowest BCUT2D eigenvalue weighted by Crippen LogP contribution is -2.50. The number of amides is 4. The van der Waals surface area contributed by atoms with Gasteiger partial charge in [0.1, 0.15) is 0 Å². The summed E-state index contributed by atoms with van der Waals surface area (Å²) in [6.07, 6.45) is 7.27. The molecule has 8 N–H and O–H groups in total. The number of likely N-dealkylation sites (N-methyl/N-ethyl adjacent to an activating group) is 2. The van der Waals surface area contributed by atoms with E-state index >= 15 is 8.78 Å². The van der Waals surface area contributed by atoms with Gasteiger partial charge in [0, 0.05) is 64.4 Å². The van der Waals surface area contributed by atoms with Gasteiger partial charge in [-0.1, -0.05) is 51.4 Å². The minimum atomic E-state index is -1.19. The van der Waals surface area contributed by atoms with E-state index in [1.165, 1.54) is 0 Å². The Morgan fingerprint density at radius 2 is 1.00 bits per heavy atom. The molecule has 4 amide bonds. The van der Waals surface area contributed by atoms with E-state index < -0.39 is 47.5 Å². The first-order chi connectivity index (χ1) is 30.5. The van der Waals surface area contributed by atoms with Crippen molar-refractivity contribution in [1.82, 2.24) is 51.2 Å². The summed E-state index contributed by atoms with van der Waals surface area (Å²) in [5.74, 6) is -3.01. The summed E-state index contributed by atoms with van der Waals surface area (Å²) in [7, 11) is 4.02. The Balaban J connectivity index is 0.000000241. The molecule has 64 heavy (non-hydrogen) atoms. The number of hydrogen-bond donors (Lipinski definition) is 8. The van der Waals surface area contributed by atoms with Gasteiger partial charge in [-0.05, 0) is 75.8 Å². The maximum atomic E-state index is 15.2. The summed E-state index contributed by atoms with van der Waals surface area (Å²) in [4.78, 5) is 71.2. The van der Waals surface area contributed by atoms with Crippen molar-refractivity contribution < 1.29 is 38.2 Å². The predicted octanol–water partition coefficient (Wildman–Crippen LogP) is 4.63. The lowest BCUT2D eigenvalue weighted by atomic mass is 9.92. The third-order valence-corrected chi connectivity index (χ3v) is 13.0. The summed E-state index contributed by atoms with van der Waals surface area (Å²) < 4.78 is 30.3. The SMILES string of the molecule is C[C@H]1CN(c2nc(Cl)nc(NNC(=O)[C@@H](CNC(=O)O)CC3CCCC3)c2F)CCN1C.C[C@H]1CN(c2nc(Cl)nc(NNC(=O)[C@@H](CNC(=O)O)CC3CCCC3)c2F)CCN1C. The topological polar surface area (TPSA) is 245 Å². The highest BCUT2D eigenvalue weighted by Crippen LogP contribution is 2.32. The second-order valence-corrected chi connectivity index (χ2v) is 18.0. The molecule has 0 spiro atoms. The highest BCUT2D eigenvalue weighted by Gasteiger charge is 2.31. The number of piperazine rings is 2. The van der Waals surface area contributed by atoms with Crippen LogP contribution in [-0.2, 0) is 9.59 Å². The lowest BCUT2D eigenvalue weighted by molar-refractivity contribution is -0.125. The number of carboxylic acid groups (broad SMARTS) is 2. The molecular weight excluding hydrogens is 881 g/mol. The summed E-state index contributed by atoms with van der Waals surface area (Å²) in [5.41, 5.74) is 9.99. The second-order valence-electron chi connectivity index (χ2n) is 17.3. The fraction of sp³-hybridized carbons (Fsp3) is 0.700. The largest absolute Gasteiger partial charge is 0.465 e. The molecule has 0 unspecified atom stereocenters. The van der Waals surface area contributed by atoms with Crippen LogP contribution >= 0.6 is 23.2 Å². The van der Waals surface area contributed by atoms with E-state index in [4.69, 9.17) is 33.4 Å². The van der Waals surface area contributed by atoms with Gasteiger partial charge >= 0.3 is 12.2 Å². The number of hydrazine groups is 2. The third-order valence-electron chi connectivity index (χ3n) is 12.7. The molecule has 2 aromatic rings.